The van der Waals surface area contributed by atoms with Gasteiger partial charge in [-0.3, -0.25) is 4.79 Å². The smallest absolute Gasteiger partial charge is 0.338 e. The van der Waals surface area contributed by atoms with Crippen LogP contribution < -0.4 is 0 Å². The molecule has 122 valence electrons. The van der Waals surface area contributed by atoms with Gasteiger partial charge < -0.3 is 4.90 Å². The number of halogens is 4. The van der Waals surface area contributed by atoms with Gasteiger partial charge in [-0.15, -0.1) is 11.6 Å². The average molecular weight is 326 g/mol. The Morgan fingerprint density at radius 1 is 1.05 bits per heavy atom. The number of carbonyl (C=O) groups is 1. The fourth-order valence-corrected chi connectivity index (χ4v) is 3.99. The van der Waals surface area contributed by atoms with Crippen LogP contribution in [0.3, 0.4) is 0 Å². The second-order valence-electron chi connectivity index (χ2n) is 6.20. The highest BCUT2D eigenvalue weighted by atomic mass is 35.5. The van der Waals surface area contributed by atoms with Crippen LogP contribution in [0.4, 0.5) is 13.2 Å². The highest BCUT2D eigenvalue weighted by Gasteiger charge is 2.49. The number of alkyl halides is 4. The van der Waals surface area contributed by atoms with Crippen molar-refractivity contribution in [2.24, 2.45) is 11.8 Å². The SMILES string of the molecule is O=C(C1CCCCC1C(F)(F)F)N(CCCl)C1CCCC1. The molecule has 0 aromatic rings. The molecule has 6 heteroatoms. The molecule has 0 heterocycles. The fourth-order valence-electron chi connectivity index (χ4n) is 3.81. The van der Waals surface area contributed by atoms with Gasteiger partial charge in [-0.1, -0.05) is 25.7 Å². The Bertz CT molecular complexity index is 355. The van der Waals surface area contributed by atoms with Gasteiger partial charge in [0.2, 0.25) is 5.91 Å². The lowest BCUT2D eigenvalue weighted by Crippen LogP contribution is -2.48. The number of amides is 1. The summed E-state index contributed by atoms with van der Waals surface area (Å²) in [5.74, 6) is -2.41. The first-order valence-corrected chi connectivity index (χ1v) is 8.41. The summed E-state index contributed by atoms with van der Waals surface area (Å²) in [5, 5.41) is 0. The van der Waals surface area contributed by atoms with Crippen LogP contribution in [0.2, 0.25) is 0 Å². The van der Waals surface area contributed by atoms with Crippen LogP contribution >= 0.6 is 11.6 Å². The van der Waals surface area contributed by atoms with E-state index in [2.05, 4.69) is 0 Å². The van der Waals surface area contributed by atoms with Crippen LogP contribution in [0.5, 0.6) is 0 Å². The summed E-state index contributed by atoms with van der Waals surface area (Å²) in [4.78, 5) is 14.3. The van der Waals surface area contributed by atoms with Crippen molar-refractivity contribution in [3.63, 3.8) is 0 Å². The van der Waals surface area contributed by atoms with Crippen LogP contribution in [0.1, 0.15) is 51.4 Å². The molecule has 2 nitrogen and oxygen atoms in total. The third-order valence-electron chi connectivity index (χ3n) is 4.88. The Balaban J connectivity index is 2.13. The quantitative estimate of drug-likeness (QED) is 0.703. The van der Waals surface area contributed by atoms with Crippen LogP contribution in [0, 0.1) is 11.8 Å². The third kappa shape index (κ3) is 4.05. The van der Waals surface area contributed by atoms with Gasteiger partial charge in [-0.25, -0.2) is 0 Å². The molecule has 0 radical (unpaired) electrons. The number of carbonyl (C=O) groups excluding carboxylic acids is 1. The zero-order valence-electron chi connectivity index (χ0n) is 12.2. The fraction of sp³-hybridized carbons (Fsp3) is 0.933. The molecule has 0 aromatic carbocycles. The molecular weight excluding hydrogens is 303 g/mol. The van der Waals surface area contributed by atoms with Crippen molar-refractivity contribution >= 4 is 17.5 Å². The Labute approximate surface area is 129 Å². The first-order valence-electron chi connectivity index (χ1n) is 7.88. The second-order valence-corrected chi connectivity index (χ2v) is 6.58. The van der Waals surface area contributed by atoms with E-state index in [1.165, 1.54) is 0 Å². The van der Waals surface area contributed by atoms with E-state index in [0.717, 1.165) is 25.7 Å². The van der Waals surface area contributed by atoms with E-state index in [1.807, 2.05) is 0 Å². The summed E-state index contributed by atoms with van der Waals surface area (Å²) >= 11 is 5.77. The molecule has 0 saturated heterocycles. The normalized spacial score (nSPS) is 27.8. The predicted octanol–water partition coefficient (Wildman–Crippen LogP) is 4.37. The summed E-state index contributed by atoms with van der Waals surface area (Å²) < 4.78 is 39.5. The number of nitrogens with zero attached hydrogens (tertiary/aromatic N) is 1. The Morgan fingerprint density at radius 3 is 2.19 bits per heavy atom. The van der Waals surface area contributed by atoms with Crippen molar-refractivity contribution in [2.75, 3.05) is 12.4 Å². The molecule has 0 N–H and O–H groups in total. The standard InChI is InChI=1S/C15H23ClF3NO/c16-9-10-20(11-5-1-2-6-11)14(21)12-7-3-4-8-13(12)15(17,18)19/h11-13H,1-10H2. The van der Waals surface area contributed by atoms with E-state index >= 15 is 0 Å². The van der Waals surface area contributed by atoms with Crippen molar-refractivity contribution in [3.05, 3.63) is 0 Å². The lowest BCUT2D eigenvalue weighted by atomic mass is 9.77. The molecule has 21 heavy (non-hydrogen) atoms. The molecule has 0 aliphatic heterocycles. The maximum Gasteiger partial charge on any atom is 0.392 e. The number of hydrogen-bond acceptors (Lipinski definition) is 1. The minimum atomic E-state index is -4.27. The molecule has 0 aromatic heterocycles. The maximum atomic E-state index is 13.2. The molecule has 2 atom stereocenters. The molecule has 1 amide bonds. The molecule has 2 rings (SSSR count). The van der Waals surface area contributed by atoms with Gasteiger partial charge in [0.05, 0.1) is 5.92 Å². The van der Waals surface area contributed by atoms with Crippen molar-refractivity contribution in [3.8, 4) is 0 Å². The van der Waals surface area contributed by atoms with Gasteiger partial charge in [-0.05, 0) is 25.7 Å². The van der Waals surface area contributed by atoms with E-state index in [9.17, 15) is 18.0 Å². The molecule has 2 unspecified atom stereocenters. The van der Waals surface area contributed by atoms with Gasteiger partial charge in [0.25, 0.3) is 0 Å². The molecule has 0 bridgehead atoms. The summed E-state index contributed by atoms with van der Waals surface area (Å²) in [6, 6.07) is 0.0899. The predicted molar refractivity (Wildman–Crippen MR) is 76.2 cm³/mol. The third-order valence-corrected chi connectivity index (χ3v) is 5.05. The monoisotopic (exact) mass is 325 g/mol. The molecule has 2 fully saturated rings. The highest BCUT2D eigenvalue weighted by Crippen LogP contribution is 2.42. The lowest BCUT2D eigenvalue weighted by Gasteiger charge is -2.37. The van der Waals surface area contributed by atoms with Crippen molar-refractivity contribution < 1.29 is 18.0 Å². The van der Waals surface area contributed by atoms with Crippen molar-refractivity contribution in [1.29, 1.82) is 0 Å². The van der Waals surface area contributed by atoms with Crippen molar-refractivity contribution in [1.82, 2.24) is 4.90 Å². The first kappa shape index (κ1) is 16.9. The zero-order valence-corrected chi connectivity index (χ0v) is 12.9. The van der Waals surface area contributed by atoms with Crippen LogP contribution in [0.25, 0.3) is 0 Å². The minimum Gasteiger partial charge on any atom is -0.338 e. The Kier molecular flexibility index (Phi) is 5.81. The van der Waals surface area contributed by atoms with E-state index < -0.39 is 18.0 Å². The van der Waals surface area contributed by atoms with Gasteiger partial charge >= 0.3 is 6.18 Å². The lowest BCUT2D eigenvalue weighted by molar-refractivity contribution is -0.201. The van der Waals surface area contributed by atoms with E-state index in [4.69, 9.17) is 11.6 Å². The van der Waals surface area contributed by atoms with Crippen LogP contribution in [-0.2, 0) is 4.79 Å². The molecule has 0 spiro atoms. The van der Waals surface area contributed by atoms with Crippen LogP contribution in [0.15, 0.2) is 0 Å². The molecular formula is C15H23ClF3NO. The number of hydrogen-bond donors (Lipinski definition) is 0. The van der Waals surface area contributed by atoms with E-state index in [0.29, 0.717) is 25.8 Å². The molecule has 2 aliphatic carbocycles. The maximum absolute atomic E-state index is 13.2. The Morgan fingerprint density at radius 2 is 1.62 bits per heavy atom. The number of rotatable bonds is 4. The van der Waals surface area contributed by atoms with Gasteiger partial charge in [-0.2, -0.15) is 13.2 Å². The molecule has 2 saturated carbocycles. The Hall–Kier alpha value is -0.450. The first-order chi connectivity index (χ1) is 9.95. The highest BCUT2D eigenvalue weighted by molar-refractivity contribution is 6.18. The minimum absolute atomic E-state index is 0.0826. The summed E-state index contributed by atoms with van der Waals surface area (Å²) in [6.07, 6.45) is 1.32. The topological polar surface area (TPSA) is 20.3 Å². The van der Waals surface area contributed by atoms with E-state index in [1.54, 1.807) is 4.90 Å². The van der Waals surface area contributed by atoms with Gasteiger partial charge in [0, 0.05) is 24.4 Å². The van der Waals surface area contributed by atoms with Gasteiger partial charge in [0.1, 0.15) is 0 Å². The summed E-state index contributed by atoms with van der Waals surface area (Å²) in [7, 11) is 0. The summed E-state index contributed by atoms with van der Waals surface area (Å²) in [5.41, 5.74) is 0. The van der Waals surface area contributed by atoms with E-state index in [-0.39, 0.29) is 24.2 Å². The van der Waals surface area contributed by atoms with Gasteiger partial charge in [0.15, 0.2) is 0 Å². The van der Waals surface area contributed by atoms with Crippen LogP contribution in [-0.4, -0.2) is 35.4 Å². The second kappa shape index (κ2) is 7.21. The largest absolute Gasteiger partial charge is 0.392 e. The summed E-state index contributed by atoms with van der Waals surface area (Å²) in [6.45, 7) is 0.367. The molecule has 2 aliphatic rings. The zero-order chi connectivity index (χ0) is 15.5. The van der Waals surface area contributed by atoms with Crippen molar-refractivity contribution in [2.45, 2.75) is 63.6 Å². The average Bonchev–Trinajstić information content (AvgIpc) is 2.97.